The first-order valence-corrected chi connectivity index (χ1v) is 5.87. The molecule has 0 saturated carbocycles. The van der Waals surface area contributed by atoms with Gasteiger partial charge in [-0.15, -0.1) is 0 Å². The molecule has 0 bridgehead atoms. The number of halogens is 1. The molecule has 0 aliphatic rings. The van der Waals surface area contributed by atoms with Crippen LogP contribution in [0.2, 0.25) is 0 Å². The molecule has 0 amide bonds. The Labute approximate surface area is 118 Å². The summed E-state index contributed by atoms with van der Waals surface area (Å²) < 4.78 is 18.6. The smallest absolute Gasteiger partial charge is 0.307 e. The van der Waals surface area contributed by atoms with Crippen molar-refractivity contribution in [2.45, 2.75) is 6.42 Å². The Hall–Kier alpha value is -2.96. The molecule has 0 aliphatic heterocycles. The minimum Gasteiger partial charge on any atom is -0.481 e. The zero-order valence-electron chi connectivity index (χ0n) is 10.7. The van der Waals surface area contributed by atoms with E-state index >= 15 is 0 Å². The van der Waals surface area contributed by atoms with Crippen LogP contribution in [-0.2, 0) is 11.2 Å². The second-order valence-electron chi connectivity index (χ2n) is 4.22. The van der Waals surface area contributed by atoms with Crippen molar-refractivity contribution in [2.24, 2.45) is 0 Å². The number of carboxylic acids is 1. The Bertz CT molecular complexity index is 702. The summed E-state index contributed by atoms with van der Waals surface area (Å²) in [6.45, 7) is 0. The third-order valence-corrected chi connectivity index (χ3v) is 2.56. The fourth-order valence-electron chi connectivity index (χ4n) is 1.74. The summed E-state index contributed by atoms with van der Waals surface area (Å²) in [4.78, 5) is 20.6. The minimum absolute atomic E-state index is 0.0332. The molecule has 1 N–H and O–H groups in total. The average molecular weight is 291 g/mol. The second kappa shape index (κ2) is 6.00. The summed E-state index contributed by atoms with van der Waals surface area (Å²) in [5, 5.41) is 19.4. The van der Waals surface area contributed by atoms with Gasteiger partial charge in [-0.25, -0.2) is 4.39 Å². The highest BCUT2D eigenvalue weighted by atomic mass is 19.1. The van der Waals surface area contributed by atoms with Gasteiger partial charge in [0.2, 0.25) is 0 Å². The van der Waals surface area contributed by atoms with Gasteiger partial charge in [-0.2, -0.15) is 0 Å². The number of nitrogens with zero attached hydrogens (tertiary/aromatic N) is 1. The van der Waals surface area contributed by atoms with Crippen LogP contribution in [0.15, 0.2) is 42.5 Å². The molecule has 0 aliphatic carbocycles. The average Bonchev–Trinajstić information content (AvgIpc) is 2.37. The maximum atomic E-state index is 13.3. The summed E-state index contributed by atoms with van der Waals surface area (Å²) in [7, 11) is 0. The van der Waals surface area contributed by atoms with Crippen LogP contribution in [0.5, 0.6) is 11.5 Å². The van der Waals surface area contributed by atoms with Crippen molar-refractivity contribution < 1.29 is 24.0 Å². The molecule has 0 heterocycles. The van der Waals surface area contributed by atoms with E-state index in [-0.39, 0.29) is 17.9 Å². The van der Waals surface area contributed by atoms with E-state index in [0.29, 0.717) is 5.56 Å². The lowest BCUT2D eigenvalue weighted by Gasteiger charge is -2.07. The van der Waals surface area contributed by atoms with Crippen LogP contribution in [0.3, 0.4) is 0 Å². The Morgan fingerprint density at radius 1 is 1.24 bits per heavy atom. The van der Waals surface area contributed by atoms with Crippen LogP contribution in [0.1, 0.15) is 5.56 Å². The monoisotopic (exact) mass is 291 g/mol. The zero-order valence-corrected chi connectivity index (χ0v) is 10.7. The zero-order chi connectivity index (χ0) is 15.4. The maximum absolute atomic E-state index is 13.3. The first kappa shape index (κ1) is 14.4. The van der Waals surface area contributed by atoms with E-state index in [0.717, 1.165) is 18.2 Å². The van der Waals surface area contributed by atoms with Crippen LogP contribution in [-0.4, -0.2) is 16.0 Å². The first-order chi connectivity index (χ1) is 9.94. The third kappa shape index (κ3) is 4.00. The molecule has 21 heavy (non-hydrogen) atoms. The molecule has 6 nitrogen and oxygen atoms in total. The molecular weight excluding hydrogens is 281 g/mol. The van der Waals surface area contributed by atoms with Gasteiger partial charge in [0.05, 0.1) is 23.5 Å². The largest absolute Gasteiger partial charge is 0.481 e. The number of aliphatic carboxylic acids is 1. The van der Waals surface area contributed by atoms with Crippen molar-refractivity contribution in [2.75, 3.05) is 0 Å². The molecule has 0 atom stereocenters. The van der Waals surface area contributed by atoms with Crippen LogP contribution in [0.25, 0.3) is 0 Å². The molecule has 2 aromatic carbocycles. The van der Waals surface area contributed by atoms with Gasteiger partial charge in [0.15, 0.2) is 0 Å². The lowest BCUT2D eigenvalue weighted by Crippen LogP contribution is -2.00. The van der Waals surface area contributed by atoms with Gasteiger partial charge >= 0.3 is 5.97 Å². The summed E-state index contributed by atoms with van der Waals surface area (Å²) in [6.07, 6.45) is -0.180. The molecule has 108 valence electrons. The predicted octanol–water partition coefficient (Wildman–Crippen LogP) is 3.15. The van der Waals surface area contributed by atoms with Crippen molar-refractivity contribution >= 4 is 11.7 Å². The number of benzene rings is 2. The van der Waals surface area contributed by atoms with Crippen LogP contribution >= 0.6 is 0 Å². The summed E-state index contributed by atoms with van der Waals surface area (Å²) >= 11 is 0. The first-order valence-electron chi connectivity index (χ1n) is 5.87. The standard InChI is InChI=1S/C14H10FNO5/c15-10-6-11(16(19)20)8-13(7-10)21-12-3-1-2-9(4-12)5-14(17)18/h1-4,6-8H,5H2,(H,17,18). The molecule has 2 rings (SSSR count). The number of non-ortho nitro benzene ring substituents is 1. The van der Waals surface area contributed by atoms with Crippen molar-refractivity contribution in [3.63, 3.8) is 0 Å². The topological polar surface area (TPSA) is 89.7 Å². The molecule has 0 fully saturated rings. The van der Waals surface area contributed by atoms with E-state index in [9.17, 15) is 19.3 Å². The number of hydrogen-bond donors (Lipinski definition) is 1. The molecule has 0 aromatic heterocycles. The van der Waals surface area contributed by atoms with Crippen molar-refractivity contribution in [1.82, 2.24) is 0 Å². The van der Waals surface area contributed by atoms with Gasteiger partial charge in [0.1, 0.15) is 17.3 Å². The Kier molecular flexibility index (Phi) is 4.13. The number of nitro benzene ring substituents is 1. The van der Waals surface area contributed by atoms with Crippen molar-refractivity contribution in [3.8, 4) is 11.5 Å². The van der Waals surface area contributed by atoms with E-state index in [4.69, 9.17) is 9.84 Å². The van der Waals surface area contributed by atoms with Crippen molar-refractivity contribution in [1.29, 1.82) is 0 Å². The molecule has 7 heteroatoms. The molecule has 0 radical (unpaired) electrons. The second-order valence-corrected chi connectivity index (χ2v) is 4.22. The minimum atomic E-state index is -0.992. The van der Waals surface area contributed by atoms with Gasteiger partial charge in [0.25, 0.3) is 5.69 Å². The Morgan fingerprint density at radius 3 is 2.67 bits per heavy atom. The summed E-state index contributed by atoms with van der Waals surface area (Å²) in [5.74, 6) is -1.54. The van der Waals surface area contributed by atoms with Gasteiger partial charge in [-0.1, -0.05) is 12.1 Å². The van der Waals surface area contributed by atoms with Gasteiger partial charge in [-0.3, -0.25) is 14.9 Å². The highest BCUT2D eigenvalue weighted by Crippen LogP contribution is 2.27. The number of hydrogen-bond acceptors (Lipinski definition) is 4. The SMILES string of the molecule is O=C(O)Cc1cccc(Oc2cc(F)cc([N+](=O)[O-])c2)c1. The van der Waals surface area contributed by atoms with Gasteiger partial charge in [0, 0.05) is 6.07 Å². The molecule has 0 unspecified atom stereocenters. The van der Waals surface area contributed by atoms with Crippen LogP contribution in [0.4, 0.5) is 10.1 Å². The fourth-order valence-corrected chi connectivity index (χ4v) is 1.74. The quantitative estimate of drug-likeness (QED) is 0.675. The highest BCUT2D eigenvalue weighted by molar-refractivity contribution is 5.70. The maximum Gasteiger partial charge on any atom is 0.307 e. The van der Waals surface area contributed by atoms with Crippen LogP contribution in [0, 0.1) is 15.9 Å². The number of rotatable bonds is 5. The normalized spacial score (nSPS) is 10.1. The van der Waals surface area contributed by atoms with Crippen LogP contribution < -0.4 is 4.74 Å². The lowest BCUT2D eigenvalue weighted by atomic mass is 10.1. The van der Waals surface area contributed by atoms with E-state index in [1.807, 2.05) is 0 Å². The molecule has 2 aromatic rings. The number of carboxylic acid groups (broad SMARTS) is 1. The fraction of sp³-hybridized carbons (Fsp3) is 0.0714. The third-order valence-electron chi connectivity index (χ3n) is 2.56. The van der Waals surface area contributed by atoms with E-state index in [2.05, 4.69) is 0 Å². The lowest BCUT2D eigenvalue weighted by molar-refractivity contribution is -0.385. The van der Waals surface area contributed by atoms with E-state index in [1.54, 1.807) is 18.2 Å². The molecular formula is C14H10FNO5. The Morgan fingerprint density at radius 2 is 2.00 bits per heavy atom. The molecule has 0 saturated heterocycles. The number of carbonyl (C=O) groups is 1. The van der Waals surface area contributed by atoms with Crippen molar-refractivity contribution in [3.05, 3.63) is 64.0 Å². The highest BCUT2D eigenvalue weighted by Gasteiger charge is 2.11. The van der Waals surface area contributed by atoms with E-state index < -0.39 is 22.4 Å². The molecule has 0 spiro atoms. The van der Waals surface area contributed by atoms with Gasteiger partial charge < -0.3 is 9.84 Å². The van der Waals surface area contributed by atoms with E-state index in [1.165, 1.54) is 6.07 Å². The number of ether oxygens (including phenoxy) is 1. The Balaban J connectivity index is 2.25. The summed E-state index contributed by atoms with van der Waals surface area (Å²) in [5.41, 5.74) is 0.0811. The number of nitro groups is 1. The summed E-state index contributed by atoms with van der Waals surface area (Å²) in [6, 6.07) is 9.10. The predicted molar refractivity (Wildman–Crippen MR) is 70.9 cm³/mol. The van der Waals surface area contributed by atoms with Gasteiger partial charge in [-0.05, 0) is 17.7 Å².